The van der Waals surface area contributed by atoms with E-state index in [1.807, 2.05) is 12.3 Å². The van der Waals surface area contributed by atoms with Crippen molar-refractivity contribution in [1.29, 1.82) is 0 Å². The predicted octanol–water partition coefficient (Wildman–Crippen LogP) is 3.04. The van der Waals surface area contributed by atoms with Gasteiger partial charge in [-0.05, 0) is 24.5 Å². The highest BCUT2D eigenvalue weighted by Gasteiger charge is 2.11. The van der Waals surface area contributed by atoms with Crippen LogP contribution in [0.5, 0.6) is 0 Å². The lowest BCUT2D eigenvalue weighted by molar-refractivity contribution is 0.102. The van der Waals surface area contributed by atoms with Gasteiger partial charge in [-0.2, -0.15) is 5.10 Å². The van der Waals surface area contributed by atoms with Crippen LogP contribution in [0, 0.1) is 0 Å². The molecule has 17 heavy (non-hydrogen) atoms. The number of amides is 1. The third-order valence-electron chi connectivity index (χ3n) is 2.17. The lowest BCUT2D eigenvalue weighted by Crippen LogP contribution is -2.12. The monoisotopic (exact) mass is 267 g/mol. The number of carbonyl (C=O) groups is 1. The van der Waals surface area contributed by atoms with Crippen LogP contribution < -0.4 is 5.32 Å². The number of anilines is 1. The Morgan fingerprint density at radius 1 is 1.47 bits per heavy atom. The molecule has 1 aromatic carbocycles. The van der Waals surface area contributed by atoms with Crippen LogP contribution >= 0.6 is 23.4 Å². The van der Waals surface area contributed by atoms with Crippen LogP contribution in [0.15, 0.2) is 35.4 Å². The van der Waals surface area contributed by atoms with Gasteiger partial charge >= 0.3 is 0 Å². The van der Waals surface area contributed by atoms with E-state index in [0.717, 1.165) is 4.90 Å². The second kappa shape index (κ2) is 5.25. The number of hydrogen-bond donors (Lipinski definition) is 2. The third-order valence-corrected chi connectivity index (χ3v) is 3.22. The molecule has 1 amide bonds. The van der Waals surface area contributed by atoms with Gasteiger partial charge < -0.3 is 5.32 Å². The van der Waals surface area contributed by atoms with Crippen LogP contribution in [-0.4, -0.2) is 22.4 Å². The van der Waals surface area contributed by atoms with E-state index < -0.39 is 0 Å². The molecule has 0 aliphatic carbocycles. The van der Waals surface area contributed by atoms with Crippen LogP contribution in [0.3, 0.4) is 0 Å². The number of H-pyrrole nitrogens is 1. The Balaban J connectivity index is 2.24. The van der Waals surface area contributed by atoms with E-state index in [4.69, 9.17) is 11.6 Å². The average molecular weight is 268 g/mol. The number of nitrogens with zero attached hydrogens (tertiary/aromatic N) is 1. The van der Waals surface area contributed by atoms with Gasteiger partial charge in [-0.15, -0.1) is 11.8 Å². The molecule has 0 aliphatic heterocycles. The lowest BCUT2D eigenvalue weighted by atomic mass is 10.2. The van der Waals surface area contributed by atoms with Crippen molar-refractivity contribution >= 4 is 35.1 Å². The maximum atomic E-state index is 11.9. The lowest BCUT2D eigenvalue weighted by Gasteiger charge is -2.06. The van der Waals surface area contributed by atoms with Crippen LogP contribution in [0.4, 0.5) is 5.82 Å². The number of rotatable bonds is 3. The first-order valence-corrected chi connectivity index (χ1v) is 6.45. The van der Waals surface area contributed by atoms with Crippen LogP contribution in [-0.2, 0) is 0 Å². The molecule has 2 rings (SSSR count). The van der Waals surface area contributed by atoms with Gasteiger partial charge in [0.15, 0.2) is 0 Å². The molecule has 0 radical (unpaired) electrons. The molecule has 1 heterocycles. The Hall–Kier alpha value is -1.46. The first-order chi connectivity index (χ1) is 8.20. The predicted molar refractivity (Wildman–Crippen MR) is 69.8 cm³/mol. The van der Waals surface area contributed by atoms with Crippen molar-refractivity contribution in [2.45, 2.75) is 4.90 Å². The molecule has 4 nitrogen and oxygen atoms in total. The summed E-state index contributed by atoms with van der Waals surface area (Å²) >= 11 is 7.55. The number of hydrogen-bond acceptors (Lipinski definition) is 3. The van der Waals surface area contributed by atoms with Gasteiger partial charge in [0, 0.05) is 11.0 Å². The molecular formula is C11H10ClN3OS. The molecule has 0 fully saturated rings. The number of benzene rings is 1. The largest absolute Gasteiger partial charge is 0.307 e. The highest BCUT2D eigenvalue weighted by Crippen LogP contribution is 2.23. The van der Waals surface area contributed by atoms with E-state index in [9.17, 15) is 4.79 Å². The van der Waals surface area contributed by atoms with Crippen molar-refractivity contribution in [3.63, 3.8) is 0 Å². The van der Waals surface area contributed by atoms with Crippen molar-refractivity contribution in [3.8, 4) is 0 Å². The first kappa shape index (κ1) is 12.0. The smallest absolute Gasteiger partial charge is 0.258 e. The maximum absolute atomic E-state index is 11.9. The molecule has 88 valence electrons. The SMILES string of the molecule is CSc1ccc(Cl)c(C(=O)Nc2ccn[nH]2)c1. The van der Waals surface area contributed by atoms with Gasteiger partial charge in [-0.3, -0.25) is 9.89 Å². The van der Waals surface area contributed by atoms with Gasteiger partial charge in [0.05, 0.1) is 16.8 Å². The quantitative estimate of drug-likeness (QED) is 0.841. The van der Waals surface area contributed by atoms with Gasteiger partial charge in [0.25, 0.3) is 5.91 Å². The van der Waals surface area contributed by atoms with E-state index in [1.165, 1.54) is 0 Å². The summed E-state index contributed by atoms with van der Waals surface area (Å²) in [6.07, 6.45) is 3.51. The van der Waals surface area contributed by atoms with E-state index in [-0.39, 0.29) is 5.91 Å². The van der Waals surface area contributed by atoms with E-state index >= 15 is 0 Å². The number of nitrogens with one attached hydrogen (secondary N) is 2. The molecule has 6 heteroatoms. The van der Waals surface area contributed by atoms with Gasteiger partial charge in [-0.1, -0.05) is 11.6 Å². The average Bonchev–Trinajstić information content (AvgIpc) is 2.82. The minimum absolute atomic E-state index is 0.254. The molecule has 2 N–H and O–H groups in total. The summed E-state index contributed by atoms with van der Waals surface area (Å²) < 4.78 is 0. The molecule has 0 unspecified atom stereocenters. The fraction of sp³-hybridized carbons (Fsp3) is 0.0909. The Morgan fingerprint density at radius 2 is 2.29 bits per heavy atom. The summed E-state index contributed by atoms with van der Waals surface area (Å²) in [4.78, 5) is 12.9. The standard InChI is InChI=1S/C11H10ClN3OS/c1-17-7-2-3-9(12)8(6-7)11(16)14-10-4-5-13-15-10/h2-6H,1H3,(H2,13,14,15,16). The normalized spacial score (nSPS) is 10.2. The molecule has 0 saturated heterocycles. The second-order valence-electron chi connectivity index (χ2n) is 3.27. The minimum atomic E-state index is -0.254. The third kappa shape index (κ3) is 2.81. The zero-order chi connectivity index (χ0) is 12.3. The van der Waals surface area contributed by atoms with Gasteiger partial charge in [0.1, 0.15) is 5.82 Å². The molecule has 0 bridgehead atoms. The Bertz CT molecular complexity index is 528. The van der Waals surface area contributed by atoms with E-state index in [1.54, 1.807) is 36.2 Å². The summed E-state index contributed by atoms with van der Waals surface area (Å²) in [6.45, 7) is 0. The summed E-state index contributed by atoms with van der Waals surface area (Å²) in [5, 5.41) is 9.51. The number of aromatic nitrogens is 2. The van der Waals surface area contributed by atoms with E-state index in [0.29, 0.717) is 16.4 Å². The number of carbonyl (C=O) groups excluding carboxylic acids is 1. The molecule has 2 aromatic rings. The highest BCUT2D eigenvalue weighted by atomic mass is 35.5. The van der Waals surface area contributed by atoms with Gasteiger partial charge in [-0.25, -0.2) is 0 Å². The van der Waals surface area contributed by atoms with Crippen molar-refractivity contribution in [2.24, 2.45) is 0 Å². The van der Waals surface area contributed by atoms with Crippen LogP contribution in [0.1, 0.15) is 10.4 Å². The Kier molecular flexibility index (Phi) is 3.71. The zero-order valence-corrected chi connectivity index (χ0v) is 10.6. The fourth-order valence-corrected chi connectivity index (χ4v) is 1.96. The number of halogens is 1. The summed E-state index contributed by atoms with van der Waals surface area (Å²) in [5.41, 5.74) is 0.452. The van der Waals surface area contributed by atoms with Crippen molar-refractivity contribution in [2.75, 3.05) is 11.6 Å². The highest BCUT2D eigenvalue weighted by molar-refractivity contribution is 7.98. The Labute approximate surface area is 108 Å². The Morgan fingerprint density at radius 3 is 2.94 bits per heavy atom. The molecular weight excluding hydrogens is 258 g/mol. The number of aromatic amines is 1. The molecule has 0 saturated carbocycles. The first-order valence-electron chi connectivity index (χ1n) is 4.85. The van der Waals surface area contributed by atoms with Crippen LogP contribution in [0.25, 0.3) is 0 Å². The summed E-state index contributed by atoms with van der Waals surface area (Å²) in [7, 11) is 0. The summed E-state index contributed by atoms with van der Waals surface area (Å²) in [5.74, 6) is 0.288. The maximum Gasteiger partial charge on any atom is 0.258 e. The minimum Gasteiger partial charge on any atom is -0.307 e. The fourth-order valence-electron chi connectivity index (χ4n) is 1.32. The van der Waals surface area contributed by atoms with Crippen molar-refractivity contribution < 1.29 is 4.79 Å². The molecule has 0 atom stereocenters. The second-order valence-corrected chi connectivity index (χ2v) is 4.56. The van der Waals surface area contributed by atoms with Crippen molar-refractivity contribution in [3.05, 3.63) is 41.0 Å². The zero-order valence-electron chi connectivity index (χ0n) is 9.03. The molecule has 0 spiro atoms. The van der Waals surface area contributed by atoms with E-state index in [2.05, 4.69) is 15.5 Å². The topological polar surface area (TPSA) is 57.8 Å². The molecule has 0 aliphatic rings. The number of thioether (sulfide) groups is 1. The van der Waals surface area contributed by atoms with Crippen molar-refractivity contribution in [1.82, 2.24) is 10.2 Å². The van der Waals surface area contributed by atoms with Gasteiger partial charge in [0.2, 0.25) is 0 Å². The molecule has 1 aromatic heterocycles. The van der Waals surface area contributed by atoms with Crippen LogP contribution in [0.2, 0.25) is 5.02 Å². The summed E-state index contributed by atoms with van der Waals surface area (Å²) in [6, 6.07) is 7.03.